The first-order valence-electron chi connectivity index (χ1n) is 9.47. The maximum atomic E-state index is 13.0. The Morgan fingerprint density at radius 2 is 1.53 bits per heavy atom. The van der Waals surface area contributed by atoms with E-state index in [2.05, 4.69) is 0 Å². The number of alkyl halides is 6. The number of allylic oxidation sites excluding steroid dienone is 1. The van der Waals surface area contributed by atoms with Crippen LogP contribution < -0.4 is 10.5 Å². The Morgan fingerprint density at radius 1 is 0.938 bits per heavy atom. The Hall–Kier alpha value is -3.23. The Balaban J connectivity index is 1.97. The third-order valence-electron chi connectivity index (χ3n) is 5.03. The van der Waals surface area contributed by atoms with Gasteiger partial charge in [0.15, 0.2) is 0 Å². The van der Waals surface area contributed by atoms with E-state index in [0.717, 1.165) is 11.8 Å². The maximum absolute atomic E-state index is 13.0. The predicted molar refractivity (Wildman–Crippen MR) is 111 cm³/mol. The Kier molecular flexibility index (Phi) is 6.13. The van der Waals surface area contributed by atoms with Crippen LogP contribution in [-0.2, 0) is 18.8 Å². The Bertz CT molecular complexity index is 1200. The molecule has 1 heterocycles. The van der Waals surface area contributed by atoms with Crippen LogP contribution in [0.3, 0.4) is 0 Å². The normalized spacial score (nSPS) is 12.7. The lowest BCUT2D eigenvalue weighted by molar-refractivity contribution is -0.143. The van der Waals surface area contributed by atoms with Gasteiger partial charge in [0, 0.05) is 36.8 Å². The fraction of sp³-hybridized carbons (Fsp3) is 0.261. The van der Waals surface area contributed by atoms with E-state index in [1.165, 1.54) is 6.08 Å². The molecule has 0 saturated carbocycles. The summed E-state index contributed by atoms with van der Waals surface area (Å²) < 4.78 is 83.4. The molecule has 0 aliphatic carbocycles. The van der Waals surface area contributed by atoms with Crippen LogP contribution in [0, 0.1) is 6.92 Å². The maximum Gasteiger partial charge on any atom is 0.416 e. The monoisotopic (exact) mass is 455 g/mol. The number of nitrogens with zero attached hydrogens (tertiary/aromatic N) is 1. The summed E-state index contributed by atoms with van der Waals surface area (Å²) in [5.74, 6) is 0. The lowest BCUT2D eigenvalue weighted by Crippen LogP contribution is -2.11. The molecule has 3 nitrogen and oxygen atoms in total. The standard InChI is InChI=1S/C23H19F6NO2/c1-13-18-8-7-17(30(2)3)12-20(18)32-21(31)19(13)6-4-5-14-9-15(22(24,25)26)11-16(10-14)23(27,28)29/h4-5,7-12H,6H2,1-3H3/b5-4+. The van der Waals surface area contributed by atoms with E-state index in [4.69, 9.17) is 4.42 Å². The fourth-order valence-electron chi connectivity index (χ4n) is 3.29. The third kappa shape index (κ3) is 4.98. The van der Waals surface area contributed by atoms with Crippen molar-refractivity contribution in [2.45, 2.75) is 25.7 Å². The van der Waals surface area contributed by atoms with E-state index in [0.29, 0.717) is 28.7 Å². The van der Waals surface area contributed by atoms with E-state index >= 15 is 0 Å². The quantitative estimate of drug-likeness (QED) is 0.334. The van der Waals surface area contributed by atoms with Gasteiger partial charge in [0.05, 0.1) is 11.1 Å². The molecule has 2 aromatic carbocycles. The molecular weight excluding hydrogens is 436 g/mol. The van der Waals surface area contributed by atoms with Gasteiger partial charge < -0.3 is 9.32 Å². The van der Waals surface area contributed by atoms with E-state index in [1.54, 1.807) is 19.1 Å². The summed E-state index contributed by atoms with van der Waals surface area (Å²) in [6.07, 6.45) is -7.40. The van der Waals surface area contributed by atoms with Gasteiger partial charge in [-0.15, -0.1) is 0 Å². The van der Waals surface area contributed by atoms with Gasteiger partial charge in [-0.3, -0.25) is 0 Å². The van der Waals surface area contributed by atoms with Crippen LogP contribution in [0.5, 0.6) is 0 Å². The predicted octanol–water partition coefficient (Wildman–Crippen LogP) is 6.46. The molecule has 3 rings (SSSR count). The van der Waals surface area contributed by atoms with Gasteiger partial charge in [0.2, 0.25) is 0 Å². The minimum absolute atomic E-state index is 0.0167. The average Bonchev–Trinajstić information content (AvgIpc) is 2.68. The zero-order chi connectivity index (χ0) is 23.8. The smallest absolute Gasteiger partial charge is 0.416 e. The highest BCUT2D eigenvalue weighted by molar-refractivity contribution is 5.84. The minimum atomic E-state index is -4.93. The molecule has 0 radical (unpaired) electrons. The molecule has 0 N–H and O–H groups in total. The average molecular weight is 455 g/mol. The Morgan fingerprint density at radius 3 is 2.06 bits per heavy atom. The van der Waals surface area contributed by atoms with Crippen molar-refractivity contribution >= 4 is 22.7 Å². The van der Waals surface area contributed by atoms with Gasteiger partial charge >= 0.3 is 18.0 Å². The summed E-state index contributed by atoms with van der Waals surface area (Å²) in [6, 6.07) is 6.68. The van der Waals surface area contributed by atoms with Crippen molar-refractivity contribution in [1.29, 1.82) is 0 Å². The lowest BCUT2D eigenvalue weighted by Gasteiger charge is -2.14. The van der Waals surface area contributed by atoms with Crippen LogP contribution in [0.2, 0.25) is 0 Å². The van der Waals surface area contributed by atoms with Gasteiger partial charge in [-0.2, -0.15) is 26.3 Å². The van der Waals surface area contributed by atoms with Crippen LogP contribution in [0.25, 0.3) is 17.0 Å². The van der Waals surface area contributed by atoms with Crippen molar-refractivity contribution in [2.24, 2.45) is 0 Å². The summed E-state index contributed by atoms with van der Waals surface area (Å²) in [6.45, 7) is 1.71. The first-order chi connectivity index (χ1) is 14.8. The first-order valence-corrected chi connectivity index (χ1v) is 9.47. The minimum Gasteiger partial charge on any atom is -0.422 e. The largest absolute Gasteiger partial charge is 0.422 e. The third-order valence-corrected chi connectivity index (χ3v) is 5.03. The molecule has 0 atom stereocenters. The van der Waals surface area contributed by atoms with E-state index < -0.39 is 29.1 Å². The van der Waals surface area contributed by atoms with Gasteiger partial charge in [-0.1, -0.05) is 12.2 Å². The summed E-state index contributed by atoms with van der Waals surface area (Å²) in [7, 11) is 3.67. The molecule has 0 unspecified atom stereocenters. The lowest BCUT2D eigenvalue weighted by atomic mass is 10.0. The van der Waals surface area contributed by atoms with Crippen molar-refractivity contribution in [3.63, 3.8) is 0 Å². The van der Waals surface area contributed by atoms with Gasteiger partial charge in [0.25, 0.3) is 0 Å². The summed E-state index contributed by atoms with van der Waals surface area (Å²) in [5, 5.41) is 0.692. The number of hydrogen-bond acceptors (Lipinski definition) is 3. The highest BCUT2D eigenvalue weighted by Gasteiger charge is 2.36. The SMILES string of the molecule is Cc1c(C/C=C/c2cc(C(F)(F)F)cc(C(F)(F)F)c2)c(=O)oc2cc(N(C)C)ccc12. The number of rotatable bonds is 4. The molecule has 3 aromatic rings. The van der Waals surface area contributed by atoms with Gasteiger partial charge in [-0.25, -0.2) is 4.79 Å². The molecule has 0 spiro atoms. The zero-order valence-corrected chi connectivity index (χ0v) is 17.4. The topological polar surface area (TPSA) is 33.5 Å². The molecule has 0 bridgehead atoms. The van der Waals surface area contributed by atoms with Crippen LogP contribution in [0.4, 0.5) is 32.0 Å². The van der Waals surface area contributed by atoms with E-state index in [-0.39, 0.29) is 23.6 Å². The molecule has 9 heteroatoms. The number of benzene rings is 2. The van der Waals surface area contributed by atoms with E-state index in [9.17, 15) is 31.1 Å². The molecule has 0 saturated heterocycles. The zero-order valence-electron chi connectivity index (χ0n) is 17.4. The van der Waals surface area contributed by atoms with Crippen LogP contribution >= 0.6 is 0 Å². The molecule has 32 heavy (non-hydrogen) atoms. The van der Waals surface area contributed by atoms with Crippen molar-refractivity contribution in [1.82, 2.24) is 0 Å². The highest BCUT2D eigenvalue weighted by Crippen LogP contribution is 2.36. The Labute approximate surface area is 179 Å². The second kappa shape index (κ2) is 8.37. The van der Waals surface area contributed by atoms with Crippen molar-refractivity contribution in [3.8, 4) is 0 Å². The highest BCUT2D eigenvalue weighted by atomic mass is 19.4. The number of fused-ring (bicyclic) bond motifs is 1. The summed E-state index contributed by atoms with van der Waals surface area (Å²) in [5.41, 5.74) is -1.56. The van der Waals surface area contributed by atoms with Crippen molar-refractivity contribution in [2.75, 3.05) is 19.0 Å². The fourth-order valence-corrected chi connectivity index (χ4v) is 3.29. The molecule has 0 aliphatic heterocycles. The van der Waals surface area contributed by atoms with Gasteiger partial charge in [-0.05, 0) is 54.8 Å². The number of anilines is 1. The second-order valence-electron chi connectivity index (χ2n) is 7.51. The molecule has 0 fully saturated rings. The van der Waals surface area contributed by atoms with Gasteiger partial charge in [0.1, 0.15) is 5.58 Å². The first kappa shape index (κ1) is 23.4. The summed E-state index contributed by atoms with van der Waals surface area (Å²) in [4.78, 5) is 14.3. The molecule has 170 valence electrons. The van der Waals surface area contributed by atoms with Crippen molar-refractivity contribution in [3.05, 3.63) is 80.7 Å². The van der Waals surface area contributed by atoms with E-state index in [1.807, 2.05) is 25.1 Å². The molecule has 0 amide bonds. The van der Waals surface area contributed by atoms with Crippen LogP contribution in [0.15, 0.2) is 51.7 Å². The number of hydrogen-bond donors (Lipinski definition) is 0. The molecule has 0 aliphatic rings. The number of halogens is 6. The number of aryl methyl sites for hydroxylation is 1. The second-order valence-corrected chi connectivity index (χ2v) is 7.51. The van der Waals surface area contributed by atoms with Crippen LogP contribution in [-0.4, -0.2) is 14.1 Å². The summed E-state index contributed by atoms with van der Waals surface area (Å²) >= 11 is 0. The van der Waals surface area contributed by atoms with Crippen molar-refractivity contribution < 1.29 is 30.8 Å². The molecular formula is C23H19F6NO2. The van der Waals surface area contributed by atoms with Crippen LogP contribution in [0.1, 0.15) is 27.8 Å². The molecule has 1 aromatic heterocycles.